The van der Waals surface area contributed by atoms with Crippen LogP contribution in [0.1, 0.15) is 27.0 Å². The minimum absolute atomic E-state index is 0.179. The summed E-state index contributed by atoms with van der Waals surface area (Å²) < 4.78 is 18.5. The van der Waals surface area contributed by atoms with Gasteiger partial charge in [-0.2, -0.15) is 0 Å². The second-order valence-corrected chi connectivity index (χ2v) is 6.82. The van der Waals surface area contributed by atoms with Crippen LogP contribution >= 0.6 is 0 Å². The number of aliphatic hydroxyl groups is 1. The molecule has 4 rings (SSSR count). The van der Waals surface area contributed by atoms with E-state index in [2.05, 4.69) is 0 Å². The van der Waals surface area contributed by atoms with Crippen molar-refractivity contribution in [2.24, 2.45) is 0 Å². The highest BCUT2D eigenvalue weighted by molar-refractivity contribution is 6.09. The van der Waals surface area contributed by atoms with Gasteiger partial charge in [-0.25, -0.2) is 9.18 Å². The number of carbonyl (C=O) groups excluding carboxylic acids is 2. The monoisotopic (exact) mass is 391 g/mol. The summed E-state index contributed by atoms with van der Waals surface area (Å²) in [6.45, 7) is 0.189. The normalized spacial score (nSPS) is 17.9. The summed E-state index contributed by atoms with van der Waals surface area (Å²) in [5, 5.41) is 11.4. The van der Waals surface area contributed by atoms with Crippen LogP contribution in [-0.4, -0.2) is 24.1 Å². The first-order valence-electron chi connectivity index (χ1n) is 9.02. The zero-order chi connectivity index (χ0) is 20.6. The highest BCUT2D eigenvalue weighted by atomic mass is 19.1. The minimum atomic E-state index is -1.97. The van der Waals surface area contributed by atoms with E-state index in [0.29, 0.717) is 16.8 Å². The van der Waals surface area contributed by atoms with E-state index < -0.39 is 23.3 Å². The van der Waals surface area contributed by atoms with Crippen LogP contribution in [0.3, 0.4) is 0 Å². The van der Waals surface area contributed by atoms with Crippen molar-refractivity contribution >= 4 is 17.6 Å². The lowest BCUT2D eigenvalue weighted by Crippen LogP contribution is -2.41. The van der Waals surface area contributed by atoms with Gasteiger partial charge in [0.2, 0.25) is 0 Å². The predicted octanol–water partition coefficient (Wildman–Crippen LogP) is 3.40. The molecule has 0 saturated carbocycles. The van der Waals surface area contributed by atoms with Gasteiger partial charge in [-0.15, -0.1) is 0 Å². The number of nitrogens with zero attached hydrogens (tertiary/aromatic N) is 1. The third-order valence-corrected chi connectivity index (χ3v) is 5.10. The molecule has 0 saturated heterocycles. The molecular weight excluding hydrogens is 373 g/mol. The number of rotatable bonds is 4. The molecule has 1 aliphatic rings. The Labute approximate surface area is 167 Å². The van der Waals surface area contributed by atoms with Gasteiger partial charge in [0.25, 0.3) is 5.91 Å². The van der Waals surface area contributed by atoms with Gasteiger partial charge < -0.3 is 14.7 Å². The molecule has 3 aromatic rings. The summed E-state index contributed by atoms with van der Waals surface area (Å²) in [5.41, 5.74) is 0.344. The summed E-state index contributed by atoms with van der Waals surface area (Å²) in [6, 6.07) is 19.0. The highest BCUT2D eigenvalue weighted by Gasteiger charge is 2.51. The largest absolute Gasteiger partial charge is 0.465 e. The van der Waals surface area contributed by atoms with Gasteiger partial charge in [0.1, 0.15) is 5.82 Å². The fourth-order valence-electron chi connectivity index (χ4n) is 3.63. The van der Waals surface area contributed by atoms with Crippen molar-refractivity contribution in [2.75, 3.05) is 12.0 Å². The zero-order valence-corrected chi connectivity index (χ0v) is 15.6. The van der Waals surface area contributed by atoms with E-state index in [9.17, 15) is 19.1 Å². The molecule has 1 atom stereocenters. The lowest BCUT2D eigenvalue weighted by molar-refractivity contribution is -0.132. The molecule has 0 aliphatic carbocycles. The second kappa shape index (κ2) is 7.14. The van der Waals surface area contributed by atoms with Crippen LogP contribution in [0.25, 0.3) is 0 Å². The zero-order valence-electron chi connectivity index (χ0n) is 15.6. The second-order valence-electron chi connectivity index (χ2n) is 6.82. The van der Waals surface area contributed by atoms with E-state index in [-0.39, 0.29) is 12.1 Å². The maximum absolute atomic E-state index is 13.8. The Morgan fingerprint density at radius 2 is 1.79 bits per heavy atom. The van der Waals surface area contributed by atoms with Gasteiger partial charge in [0.15, 0.2) is 5.60 Å². The van der Waals surface area contributed by atoms with Crippen LogP contribution in [0.5, 0.6) is 0 Å². The van der Waals surface area contributed by atoms with Gasteiger partial charge >= 0.3 is 5.97 Å². The molecule has 1 unspecified atom stereocenters. The number of hydrogen-bond donors (Lipinski definition) is 1. The van der Waals surface area contributed by atoms with E-state index in [0.717, 1.165) is 5.56 Å². The van der Waals surface area contributed by atoms with Gasteiger partial charge in [0.05, 0.1) is 24.9 Å². The number of esters is 1. The van der Waals surface area contributed by atoms with Gasteiger partial charge in [-0.3, -0.25) is 4.79 Å². The molecule has 1 aliphatic heterocycles. The van der Waals surface area contributed by atoms with Crippen LogP contribution in [-0.2, 0) is 21.7 Å². The Kier molecular flexibility index (Phi) is 4.64. The maximum Gasteiger partial charge on any atom is 0.337 e. The average Bonchev–Trinajstić information content (AvgIpc) is 2.97. The number of anilines is 1. The molecule has 5 nitrogen and oxygen atoms in total. The Balaban J connectivity index is 1.72. The molecule has 0 bridgehead atoms. The first-order chi connectivity index (χ1) is 13.9. The van der Waals surface area contributed by atoms with Crippen molar-refractivity contribution in [2.45, 2.75) is 12.1 Å². The summed E-state index contributed by atoms with van der Waals surface area (Å²) in [5.74, 6) is -1.53. The number of ether oxygens (including phenoxy) is 1. The quantitative estimate of drug-likeness (QED) is 0.693. The molecule has 1 N–H and O–H groups in total. The Morgan fingerprint density at radius 3 is 2.48 bits per heavy atom. The molecule has 0 fully saturated rings. The molecule has 146 valence electrons. The smallest absolute Gasteiger partial charge is 0.337 e. The molecule has 0 spiro atoms. The Bertz CT molecular complexity index is 1100. The van der Waals surface area contributed by atoms with E-state index >= 15 is 0 Å². The standard InChI is InChI=1S/C23H18FNO4/c1-29-21(26)16-11-9-15(10-12-16)14-25-20-8-3-2-7-19(20)23(28,22(25)27)17-5-4-6-18(24)13-17/h2-13,28H,14H2,1H3. The van der Waals surface area contributed by atoms with E-state index in [1.165, 1.54) is 36.3 Å². The van der Waals surface area contributed by atoms with Crippen LogP contribution in [0, 0.1) is 5.82 Å². The molecule has 29 heavy (non-hydrogen) atoms. The molecule has 1 amide bonds. The molecule has 0 radical (unpaired) electrons. The lowest BCUT2D eigenvalue weighted by atomic mass is 9.87. The molecule has 0 aromatic heterocycles. The summed E-state index contributed by atoms with van der Waals surface area (Å²) in [6.07, 6.45) is 0. The van der Waals surface area contributed by atoms with Crippen LogP contribution in [0.2, 0.25) is 0 Å². The van der Waals surface area contributed by atoms with Crippen molar-refractivity contribution in [1.82, 2.24) is 0 Å². The molecular formula is C23H18FNO4. The number of carbonyl (C=O) groups is 2. The Hall–Kier alpha value is -3.51. The first kappa shape index (κ1) is 18.8. The van der Waals surface area contributed by atoms with E-state index in [4.69, 9.17) is 4.74 Å². The summed E-state index contributed by atoms with van der Waals surface area (Å²) in [7, 11) is 1.31. The summed E-state index contributed by atoms with van der Waals surface area (Å²) in [4.78, 5) is 26.4. The fraction of sp³-hybridized carbons (Fsp3) is 0.130. The number of methoxy groups -OCH3 is 1. The van der Waals surface area contributed by atoms with Crippen LogP contribution in [0.15, 0.2) is 72.8 Å². The van der Waals surface area contributed by atoms with Crippen molar-refractivity contribution in [3.8, 4) is 0 Å². The lowest BCUT2D eigenvalue weighted by Gasteiger charge is -2.24. The van der Waals surface area contributed by atoms with Gasteiger partial charge in [0, 0.05) is 11.1 Å². The van der Waals surface area contributed by atoms with Crippen molar-refractivity contribution in [3.63, 3.8) is 0 Å². The molecule has 3 aromatic carbocycles. The Morgan fingerprint density at radius 1 is 1.07 bits per heavy atom. The van der Waals surface area contributed by atoms with E-state index in [1.54, 1.807) is 48.5 Å². The number of benzene rings is 3. The predicted molar refractivity (Wildman–Crippen MR) is 105 cm³/mol. The SMILES string of the molecule is COC(=O)c1ccc(CN2C(=O)C(O)(c3cccc(F)c3)c3ccccc32)cc1. The fourth-order valence-corrected chi connectivity index (χ4v) is 3.63. The van der Waals surface area contributed by atoms with Gasteiger partial charge in [-0.05, 0) is 35.9 Å². The van der Waals surface area contributed by atoms with Gasteiger partial charge in [-0.1, -0.05) is 42.5 Å². The highest BCUT2D eigenvalue weighted by Crippen LogP contribution is 2.45. The third kappa shape index (κ3) is 3.07. The molecule has 1 heterocycles. The van der Waals surface area contributed by atoms with Crippen LogP contribution < -0.4 is 4.90 Å². The number of hydrogen-bond acceptors (Lipinski definition) is 4. The van der Waals surface area contributed by atoms with Crippen LogP contribution in [0.4, 0.5) is 10.1 Å². The number of fused-ring (bicyclic) bond motifs is 1. The van der Waals surface area contributed by atoms with Crippen molar-refractivity contribution in [1.29, 1.82) is 0 Å². The number of halogens is 1. The molecule has 6 heteroatoms. The van der Waals surface area contributed by atoms with Crippen molar-refractivity contribution in [3.05, 3.63) is 101 Å². The summed E-state index contributed by atoms with van der Waals surface area (Å²) >= 11 is 0. The van der Waals surface area contributed by atoms with E-state index in [1.807, 2.05) is 0 Å². The maximum atomic E-state index is 13.8. The minimum Gasteiger partial charge on any atom is -0.465 e. The topological polar surface area (TPSA) is 66.8 Å². The number of para-hydroxylation sites is 1. The average molecular weight is 391 g/mol. The number of amides is 1. The van der Waals surface area contributed by atoms with Crippen molar-refractivity contribution < 1.29 is 23.8 Å². The third-order valence-electron chi connectivity index (χ3n) is 5.10. The first-order valence-corrected chi connectivity index (χ1v) is 9.02.